The molecule has 0 radical (unpaired) electrons. The highest BCUT2D eigenvalue weighted by atomic mass is 32.1. The molecule has 0 bridgehead atoms. The maximum atomic E-state index is 14.1. The number of ether oxygens (including phenoxy) is 2. The van der Waals surface area contributed by atoms with E-state index < -0.39 is 12.0 Å². The topological polar surface area (TPSA) is 74.8 Å². The molecule has 6 rings (SSSR count). The van der Waals surface area contributed by atoms with E-state index in [-0.39, 0.29) is 12.2 Å². The SMILES string of the molecule is CCOC(=O)C1=C(c2ccccc2)N=c2s/c(=C\c3cn(C)c4ccccc34)c(=O)n2[C@@H]1c1ccc(OC)cc1. The van der Waals surface area contributed by atoms with Gasteiger partial charge in [-0.1, -0.05) is 72.0 Å². The summed E-state index contributed by atoms with van der Waals surface area (Å²) in [5, 5.41) is 1.06. The van der Waals surface area contributed by atoms with Crippen LogP contribution < -0.4 is 19.6 Å². The molecule has 7 nitrogen and oxygen atoms in total. The lowest BCUT2D eigenvalue weighted by molar-refractivity contribution is -0.138. The molecule has 1 atom stereocenters. The Bertz CT molecular complexity index is 1950. The molecule has 5 aromatic rings. The van der Waals surface area contributed by atoms with Gasteiger partial charge in [0, 0.05) is 35.3 Å². The molecule has 0 unspecified atom stereocenters. The second kappa shape index (κ2) is 10.5. The molecular formula is C32H27N3O4S. The molecule has 0 saturated heterocycles. The molecular weight excluding hydrogens is 522 g/mol. The monoisotopic (exact) mass is 549 g/mol. The Morgan fingerprint density at radius 2 is 1.75 bits per heavy atom. The number of para-hydroxylation sites is 1. The van der Waals surface area contributed by atoms with Crippen LogP contribution in [0.2, 0.25) is 0 Å². The smallest absolute Gasteiger partial charge is 0.338 e. The summed E-state index contributed by atoms with van der Waals surface area (Å²) in [6.07, 6.45) is 3.93. The summed E-state index contributed by atoms with van der Waals surface area (Å²) < 4.78 is 15.1. The maximum absolute atomic E-state index is 14.1. The van der Waals surface area contributed by atoms with E-state index in [1.165, 1.54) is 11.3 Å². The molecule has 0 spiro atoms. The zero-order chi connectivity index (χ0) is 27.8. The van der Waals surface area contributed by atoms with Crippen molar-refractivity contribution in [2.24, 2.45) is 12.0 Å². The van der Waals surface area contributed by atoms with Crippen LogP contribution >= 0.6 is 11.3 Å². The van der Waals surface area contributed by atoms with Gasteiger partial charge >= 0.3 is 5.97 Å². The summed E-state index contributed by atoms with van der Waals surface area (Å²) >= 11 is 1.31. The summed E-state index contributed by atoms with van der Waals surface area (Å²) in [5.74, 6) is 0.173. The van der Waals surface area contributed by atoms with Crippen LogP contribution in [0.3, 0.4) is 0 Å². The molecule has 0 fully saturated rings. The predicted molar refractivity (Wildman–Crippen MR) is 157 cm³/mol. The Morgan fingerprint density at radius 1 is 1.02 bits per heavy atom. The second-order valence-electron chi connectivity index (χ2n) is 9.42. The van der Waals surface area contributed by atoms with Crippen molar-refractivity contribution in [1.82, 2.24) is 9.13 Å². The van der Waals surface area contributed by atoms with Gasteiger partial charge in [0.15, 0.2) is 4.80 Å². The second-order valence-corrected chi connectivity index (χ2v) is 10.4. The summed E-state index contributed by atoms with van der Waals surface area (Å²) in [6.45, 7) is 1.97. The van der Waals surface area contributed by atoms with Crippen LogP contribution in [0.25, 0.3) is 22.7 Å². The standard InChI is InChI=1S/C32H27N3O4S/c1-4-39-31(37)27-28(20-10-6-5-7-11-20)33-32-35(29(27)21-14-16-23(38-3)17-15-21)30(36)26(40-32)18-22-19-34(2)25-13-9-8-12-24(22)25/h5-19,29H,4H2,1-3H3/b26-18-/t29-/m1/s1. The van der Waals surface area contributed by atoms with E-state index in [0.717, 1.165) is 27.6 Å². The quantitative estimate of drug-likeness (QED) is 0.294. The van der Waals surface area contributed by atoms with Crippen LogP contribution in [-0.4, -0.2) is 28.8 Å². The largest absolute Gasteiger partial charge is 0.497 e. The molecule has 3 heterocycles. The fourth-order valence-corrected chi connectivity index (χ4v) is 6.16. The number of aryl methyl sites for hydroxylation is 1. The molecule has 8 heteroatoms. The minimum Gasteiger partial charge on any atom is -0.497 e. The van der Waals surface area contributed by atoms with Crippen LogP contribution in [-0.2, 0) is 16.6 Å². The van der Waals surface area contributed by atoms with Gasteiger partial charge in [-0.2, -0.15) is 0 Å². The van der Waals surface area contributed by atoms with Gasteiger partial charge in [0.2, 0.25) is 0 Å². The van der Waals surface area contributed by atoms with Gasteiger partial charge < -0.3 is 14.0 Å². The van der Waals surface area contributed by atoms with Crippen LogP contribution in [0.5, 0.6) is 5.75 Å². The number of aromatic nitrogens is 2. The Kier molecular flexibility index (Phi) is 6.69. The van der Waals surface area contributed by atoms with Gasteiger partial charge in [0.05, 0.1) is 35.6 Å². The minimum atomic E-state index is -0.730. The Hall–Kier alpha value is -4.69. The number of fused-ring (bicyclic) bond motifs is 2. The number of thiazole rings is 1. The third-order valence-electron chi connectivity index (χ3n) is 7.02. The molecule has 40 heavy (non-hydrogen) atoms. The number of carbonyl (C=O) groups is 1. The Labute approximate surface area is 234 Å². The highest BCUT2D eigenvalue weighted by molar-refractivity contribution is 7.07. The van der Waals surface area contributed by atoms with Crippen molar-refractivity contribution in [1.29, 1.82) is 0 Å². The first-order valence-corrected chi connectivity index (χ1v) is 13.8. The average molecular weight is 550 g/mol. The number of methoxy groups -OCH3 is 1. The molecule has 200 valence electrons. The lowest BCUT2D eigenvalue weighted by Crippen LogP contribution is -2.40. The fourth-order valence-electron chi connectivity index (χ4n) is 5.17. The van der Waals surface area contributed by atoms with E-state index in [4.69, 9.17) is 14.5 Å². The van der Waals surface area contributed by atoms with Gasteiger partial charge in [-0.15, -0.1) is 0 Å². The highest BCUT2D eigenvalue weighted by Gasteiger charge is 2.35. The van der Waals surface area contributed by atoms with E-state index in [1.54, 1.807) is 18.6 Å². The number of hydrogen-bond donors (Lipinski definition) is 0. The number of carbonyl (C=O) groups excluding carboxylic acids is 1. The molecule has 1 aliphatic rings. The maximum Gasteiger partial charge on any atom is 0.338 e. The summed E-state index contributed by atoms with van der Waals surface area (Å²) in [4.78, 5) is 33.1. The molecule has 0 amide bonds. The van der Waals surface area contributed by atoms with Crippen molar-refractivity contribution in [2.45, 2.75) is 13.0 Å². The van der Waals surface area contributed by atoms with Crippen LogP contribution in [0, 0.1) is 0 Å². The van der Waals surface area contributed by atoms with Crippen molar-refractivity contribution >= 4 is 40.0 Å². The number of esters is 1. The van der Waals surface area contributed by atoms with Gasteiger partial charge in [-0.05, 0) is 36.8 Å². The first kappa shape index (κ1) is 25.6. The van der Waals surface area contributed by atoms with Crippen molar-refractivity contribution in [3.8, 4) is 5.75 Å². The van der Waals surface area contributed by atoms with Crippen molar-refractivity contribution < 1.29 is 14.3 Å². The third kappa shape index (κ3) is 4.36. The number of rotatable bonds is 6. The fraction of sp³-hybridized carbons (Fsp3) is 0.156. The van der Waals surface area contributed by atoms with E-state index in [0.29, 0.717) is 26.4 Å². The zero-order valence-corrected chi connectivity index (χ0v) is 23.1. The molecule has 0 aliphatic carbocycles. The molecule has 1 aliphatic heterocycles. The van der Waals surface area contributed by atoms with Crippen LogP contribution in [0.1, 0.15) is 29.7 Å². The van der Waals surface area contributed by atoms with E-state index in [2.05, 4.69) is 6.07 Å². The lowest BCUT2D eigenvalue weighted by atomic mass is 9.93. The van der Waals surface area contributed by atoms with E-state index in [9.17, 15) is 9.59 Å². The van der Waals surface area contributed by atoms with Gasteiger partial charge in [-0.3, -0.25) is 9.36 Å². The van der Waals surface area contributed by atoms with Gasteiger partial charge in [0.25, 0.3) is 5.56 Å². The van der Waals surface area contributed by atoms with Gasteiger partial charge in [-0.25, -0.2) is 9.79 Å². The summed E-state index contributed by atoms with van der Waals surface area (Å²) in [7, 11) is 3.59. The van der Waals surface area contributed by atoms with Crippen LogP contribution in [0.4, 0.5) is 0 Å². The van der Waals surface area contributed by atoms with Crippen molar-refractivity contribution in [2.75, 3.05) is 13.7 Å². The Balaban J connectivity index is 1.65. The zero-order valence-electron chi connectivity index (χ0n) is 22.3. The van der Waals surface area contributed by atoms with Gasteiger partial charge in [0.1, 0.15) is 5.75 Å². The third-order valence-corrected chi connectivity index (χ3v) is 8.00. The molecule has 3 aromatic carbocycles. The summed E-state index contributed by atoms with van der Waals surface area (Å²) in [5.41, 5.74) is 4.15. The number of benzene rings is 3. The minimum absolute atomic E-state index is 0.200. The van der Waals surface area contributed by atoms with E-state index >= 15 is 0 Å². The van der Waals surface area contributed by atoms with E-state index in [1.807, 2.05) is 96.7 Å². The predicted octanol–water partition coefficient (Wildman–Crippen LogP) is 4.44. The first-order valence-electron chi connectivity index (χ1n) is 13.0. The number of hydrogen-bond acceptors (Lipinski definition) is 6. The van der Waals surface area contributed by atoms with Crippen molar-refractivity contribution in [3.05, 3.63) is 127 Å². The normalized spacial score (nSPS) is 15.2. The number of nitrogens with zero attached hydrogens (tertiary/aromatic N) is 3. The Morgan fingerprint density at radius 3 is 2.48 bits per heavy atom. The lowest BCUT2D eigenvalue weighted by Gasteiger charge is -2.26. The molecule has 0 N–H and O–H groups in total. The van der Waals surface area contributed by atoms with Crippen molar-refractivity contribution in [3.63, 3.8) is 0 Å². The average Bonchev–Trinajstić information content (AvgIpc) is 3.48. The highest BCUT2D eigenvalue weighted by Crippen LogP contribution is 2.35. The van der Waals surface area contributed by atoms with Crippen LogP contribution in [0.15, 0.2) is 100 Å². The first-order chi connectivity index (χ1) is 19.5. The molecule has 0 saturated carbocycles. The molecule has 2 aromatic heterocycles. The summed E-state index contributed by atoms with van der Waals surface area (Å²) in [6, 6.07) is 24.3.